The van der Waals surface area contributed by atoms with Crippen LogP contribution in [0, 0.1) is 0 Å². The summed E-state index contributed by atoms with van der Waals surface area (Å²) in [4.78, 5) is 2.39. The highest BCUT2D eigenvalue weighted by molar-refractivity contribution is 6.10. The maximum Gasteiger partial charge on any atom is 0.141 e. The molecule has 2 heterocycles. The molecule has 11 rings (SSSR count). The van der Waals surface area contributed by atoms with E-state index in [1.807, 2.05) is 12.1 Å². The molecule has 0 saturated heterocycles. The van der Waals surface area contributed by atoms with Crippen molar-refractivity contribution in [2.24, 2.45) is 0 Å². The van der Waals surface area contributed by atoms with E-state index < -0.39 is 5.41 Å². The number of para-hydroxylation sites is 2. The van der Waals surface area contributed by atoms with Crippen LogP contribution in [0.4, 0.5) is 17.1 Å². The summed E-state index contributed by atoms with van der Waals surface area (Å²) < 4.78 is 13.5. The molecule has 0 bridgehead atoms. The van der Waals surface area contributed by atoms with Gasteiger partial charge in [-0.25, -0.2) is 0 Å². The molecule has 2 aromatic heterocycles. The fourth-order valence-electron chi connectivity index (χ4n) is 8.88. The van der Waals surface area contributed by atoms with Crippen LogP contribution in [0.25, 0.3) is 66.1 Å². The number of nitrogens with zero attached hydrogens (tertiary/aromatic N) is 1. The van der Waals surface area contributed by atoms with Crippen LogP contribution >= 0.6 is 0 Å². The Balaban J connectivity index is 1.24. The average molecular weight is 680 g/mol. The quantitative estimate of drug-likeness (QED) is 0.181. The van der Waals surface area contributed by atoms with E-state index in [0.29, 0.717) is 0 Å². The molecule has 10 aromatic rings. The number of rotatable bonds is 5. The molecular weight excluding hydrogens is 647 g/mol. The zero-order valence-electron chi connectivity index (χ0n) is 29.1. The number of furan rings is 2. The van der Waals surface area contributed by atoms with Crippen molar-refractivity contribution in [2.45, 2.75) is 12.3 Å². The number of hydrogen-bond acceptors (Lipinski definition) is 3. The normalized spacial score (nSPS) is 13.2. The Morgan fingerprint density at radius 1 is 0.415 bits per heavy atom. The predicted molar refractivity (Wildman–Crippen MR) is 219 cm³/mol. The van der Waals surface area contributed by atoms with Gasteiger partial charge in [0, 0.05) is 50.0 Å². The Morgan fingerprint density at radius 3 is 1.66 bits per heavy atom. The van der Waals surface area contributed by atoms with Gasteiger partial charge in [0.2, 0.25) is 0 Å². The van der Waals surface area contributed by atoms with Crippen molar-refractivity contribution in [2.75, 3.05) is 4.90 Å². The minimum Gasteiger partial charge on any atom is -0.456 e. The van der Waals surface area contributed by atoms with Crippen molar-refractivity contribution >= 4 is 60.9 Å². The number of benzene rings is 8. The first-order chi connectivity index (χ1) is 26.2. The third-order valence-corrected chi connectivity index (χ3v) is 11.3. The predicted octanol–water partition coefficient (Wildman–Crippen LogP) is 14.0. The third kappa shape index (κ3) is 4.34. The van der Waals surface area contributed by atoms with Crippen molar-refractivity contribution in [1.82, 2.24) is 0 Å². The van der Waals surface area contributed by atoms with Gasteiger partial charge in [0.1, 0.15) is 22.3 Å². The lowest BCUT2D eigenvalue weighted by molar-refractivity contribution is 0.638. The summed E-state index contributed by atoms with van der Waals surface area (Å²) in [6.45, 7) is 2.38. The van der Waals surface area contributed by atoms with Gasteiger partial charge in [-0.1, -0.05) is 127 Å². The van der Waals surface area contributed by atoms with Gasteiger partial charge in [-0.15, -0.1) is 0 Å². The molecule has 250 valence electrons. The smallest absolute Gasteiger partial charge is 0.141 e. The molecule has 0 radical (unpaired) electrons. The van der Waals surface area contributed by atoms with Gasteiger partial charge in [-0.3, -0.25) is 0 Å². The maximum atomic E-state index is 7.00. The number of anilines is 3. The summed E-state index contributed by atoms with van der Waals surface area (Å²) in [7, 11) is 0. The summed E-state index contributed by atoms with van der Waals surface area (Å²) in [5.41, 5.74) is 14.6. The maximum absolute atomic E-state index is 7.00. The molecule has 0 spiro atoms. The van der Waals surface area contributed by atoms with Gasteiger partial charge in [0.05, 0.1) is 5.69 Å². The van der Waals surface area contributed by atoms with Crippen LogP contribution < -0.4 is 4.90 Å². The van der Waals surface area contributed by atoms with Gasteiger partial charge >= 0.3 is 0 Å². The second-order valence-electron chi connectivity index (χ2n) is 14.2. The van der Waals surface area contributed by atoms with Crippen LogP contribution in [-0.2, 0) is 5.41 Å². The van der Waals surface area contributed by atoms with E-state index in [0.717, 1.165) is 66.5 Å². The first kappa shape index (κ1) is 29.8. The van der Waals surface area contributed by atoms with Crippen molar-refractivity contribution < 1.29 is 8.83 Å². The molecule has 0 N–H and O–H groups in total. The van der Waals surface area contributed by atoms with Crippen LogP contribution in [0.15, 0.2) is 191 Å². The van der Waals surface area contributed by atoms with Gasteiger partial charge in [0.25, 0.3) is 0 Å². The Kier molecular flexibility index (Phi) is 6.38. The largest absolute Gasteiger partial charge is 0.456 e. The zero-order valence-corrected chi connectivity index (χ0v) is 29.1. The molecule has 0 atom stereocenters. The molecular formula is C50H33NO2. The van der Waals surface area contributed by atoms with Crippen molar-refractivity contribution in [3.63, 3.8) is 0 Å². The van der Waals surface area contributed by atoms with Crippen LogP contribution in [0.2, 0.25) is 0 Å². The van der Waals surface area contributed by atoms with Crippen molar-refractivity contribution in [3.8, 4) is 22.3 Å². The molecule has 0 aliphatic heterocycles. The molecule has 0 amide bonds. The Labute approximate surface area is 307 Å². The highest BCUT2D eigenvalue weighted by Gasteiger charge is 2.45. The molecule has 1 aliphatic carbocycles. The minimum atomic E-state index is -0.540. The van der Waals surface area contributed by atoms with E-state index in [1.165, 1.54) is 33.4 Å². The summed E-state index contributed by atoms with van der Waals surface area (Å²) in [6, 6.07) is 65.0. The SMILES string of the molecule is CC1(c2c(N(c3ccc(-c4ccccc4)cc3)c3ccc4c(c3)oc3ccccc34)ccc3c2oc2ccccc23)c2ccccc2-c2ccccc21. The standard InChI is InChI=1S/C50H33NO2/c1-50(42-19-9-5-15-36(42)37-16-6-10-20-43(37)50)48-44(30-29-41-39-18-8-12-22-46(39)53-49(41)48)51(34-25-23-33(24-26-34)32-13-3-2-4-14-32)35-27-28-40-38-17-7-11-21-45(38)52-47(40)31-35/h2-31H,1H3. The summed E-state index contributed by atoms with van der Waals surface area (Å²) in [5.74, 6) is 0. The van der Waals surface area contributed by atoms with E-state index in [4.69, 9.17) is 8.83 Å². The van der Waals surface area contributed by atoms with Crippen LogP contribution in [0.5, 0.6) is 0 Å². The minimum absolute atomic E-state index is 0.540. The van der Waals surface area contributed by atoms with Gasteiger partial charge in [-0.05, 0) is 88.8 Å². The lowest BCUT2D eigenvalue weighted by Crippen LogP contribution is -2.26. The van der Waals surface area contributed by atoms with Crippen molar-refractivity contribution in [1.29, 1.82) is 0 Å². The van der Waals surface area contributed by atoms with Gasteiger partial charge < -0.3 is 13.7 Å². The zero-order chi connectivity index (χ0) is 35.1. The topological polar surface area (TPSA) is 29.5 Å². The van der Waals surface area contributed by atoms with Crippen LogP contribution in [0.1, 0.15) is 23.6 Å². The van der Waals surface area contributed by atoms with Gasteiger partial charge in [-0.2, -0.15) is 0 Å². The lowest BCUT2D eigenvalue weighted by atomic mass is 9.72. The Bertz CT molecular complexity index is 2980. The first-order valence-corrected chi connectivity index (χ1v) is 18.2. The fraction of sp³-hybridized carbons (Fsp3) is 0.0400. The van der Waals surface area contributed by atoms with E-state index in [9.17, 15) is 0 Å². The lowest BCUT2D eigenvalue weighted by Gasteiger charge is -2.35. The number of fused-ring (bicyclic) bond motifs is 9. The average Bonchev–Trinajstić information content (AvgIpc) is 3.87. The Hall–Kier alpha value is -6.84. The molecule has 0 saturated carbocycles. The molecule has 3 heteroatoms. The second kappa shape index (κ2) is 11.3. The monoisotopic (exact) mass is 679 g/mol. The highest BCUT2D eigenvalue weighted by Crippen LogP contribution is 2.57. The summed E-state index contributed by atoms with van der Waals surface area (Å²) in [6.07, 6.45) is 0. The first-order valence-electron chi connectivity index (χ1n) is 18.2. The molecule has 8 aromatic carbocycles. The highest BCUT2D eigenvalue weighted by atomic mass is 16.3. The second-order valence-corrected chi connectivity index (χ2v) is 14.2. The molecule has 1 aliphatic rings. The van der Waals surface area contributed by atoms with Crippen LogP contribution in [-0.4, -0.2) is 0 Å². The van der Waals surface area contributed by atoms with Gasteiger partial charge in [0.15, 0.2) is 0 Å². The van der Waals surface area contributed by atoms with Crippen molar-refractivity contribution in [3.05, 3.63) is 199 Å². The molecule has 0 fully saturated rings. The van der Waals surface area contributed by atoms with E-state index in [2.05, 4.69) is 182 Å². The fourth-order valence-corrected chi connectivity index (χ4v) is 8.88. The molecule has 0 unspecified atom stereocenters. The van der Waals surface area contributed by atoms with Crippen LogP contribution in [0.3, 0.4) is 0 Å². The Morgan fingerprint density at radius 2 is 0.943 bits per heavy atom. The molecule has 53 heavy (non-hydrogen) atoms. The van der Waals surface area contributed by atoms with E-state index >= 15 is 0 Å². The third-order valence-electron chi connectivity index (χ3n) is 11.3. The number of hydrogen-bond donors (Lipinski definition) is 0. The summed E-state index contributed by atoms with van der Waals surface area (Å²) >= 11 is 0. The van der Waals surface area contributed by atoms with E-state index in [1.54, 1.807) is 0 Å². The van der Waals surface area contributed by atoms with E-state index in [-0.39, 0.29) is 0 Å². The summed E-state index contributed by atoms with van der Waals surface area (Å²) in [5, 5.41) is 4.43. The molecule has 3 nitrogen and oxygen atoms in total.